The highest BCUT2D eigenvalue weighted by Gasteiger charge is 2.29. The molecule has 2 aliphatic heterocycles. The van der Waals surface area contributed by atoms with E-state index in [0.29, 0.717) is 0 Å². The Labute approximate surface area is 108 Å². The van der Waals surface area contributed by atoms with E-state index in [0.717, 1.165) is 31.8 Å². The van der Waals surface area contributed by atoms with Crippen LogP contribution in [0.1, 0.15) is 39.0 Å². The van der Waals surface area contributed by atoms with Gasteiger partial charge in [0.2, 0.25) is 5.91 Å². The van der Waals surface area contributed by atoms with Crippen molar-refractivity contribution in [2.75, 3.05) is 25.4 Å². The Morgan fingerprint density at radius 2 is 2.35 bits per heavy atom. The normalized spacial score (nSPS) is 34.3. The molecule has 3 nitrogen and oxygen atoms in total. The number of thioether (sulfide) groups is 1. The Kier molecular flexibility index (Phi) is 4.74. The maximum atomic E-state index is 12.0. The average Bonchev–Trinajstić information content (AvgIpc) is 2.38. The molecule has 4 heteroatoms. The maximum Gasteiger partial charge on any atom is 0.233 e. The van der Waals surface area contributed by atoms with Crippen LogP contribution < -0.4 is 10.6 Å². The van der Waals surface area contributed by atoms with E-state index in [1.807, 2.05) is 11.8 Å². The lowest BCUT2D eigenvalue weighted by Gasteiger charge is -2.34. The third-order valence-electron chi connectivity index (χ3n) is 3.85. The summed E-state index contributed by atoms with van der Waals surface area (Å²) in [5.41, 5.74) is 0.257. The van der Waals surface area contributed by atoms with Crippen LogP contribution in [0.2, 0.25) is 0 Å². The highest BCUT2D eigenvalue weighted by atomic mass is 32.2. The topological polar surface area (TPSA) is 41.1 Å². The van der Waals surface area contributed by atoms with Gasteiger partial charge in [0.05, 0.1) is 5.25 Å². The molecule has 1 amide bonds. The molecule has 2 heterocycles. The zero-order valence-electron chi connectivity index (χ0n) is 10.8. The van der Waals surface area contributed by atoms with Crippen LogP contribution in [-0.2, 0) is 4.79 Å². The van der Waals surface area contributed by atoms with Gasteiger partial charge in [-0.15, -0.1) is 11.8 Å². The second kappa shape index (κ2) is 6.10. The van der Waals surface area contributed by atoms with Crippen molar-refractivity contribution >= 4 is 17.7 Å². The molecule has 0 saturated carbocycles. The molecule has 0 aliphatic carbocycles. The third kappa shape index (κ3) is 3.88. The lowest BCUT2D eigenvalue weighted by molar-refractivity contribution is -0.121. The third-order valence-corrected chi connectivity index (χ3v) is 5.22. The van der Waals surface area contributed by atoms with Gasteiger partial charge in [-0.2, -0.15) is 0 Å². The summed E-state index contributed by atoms with van der Waals surface area (Å²) >= 11 is 1.83. The molecule has 98 valence electrons. The SMILES string of the molecule is CC1(CNC(=O)C2CCCCS2)CCCNC1. The van der Waals surface area contributed by atoms with Gasteiger partial charge >= 0.3 is 0 Å². The molecule has 0 radical (unpaired) electrons. The number of piperidine rings is 1. The van der Waals surface area contributed by atoms with Gasteiger partial charge in [0.25, 0.3) is 0 Å². The standard InChI is InChI=1S/C13H24N2OS/c1-13(6-4-7-14-9-13)10-15-12(16)11-5-2-3-8-17-11/h11,14H,2-10H2,1H3,(H,15,16). The van der Waals surface area contributed by atoms with Crippen LogP contribution in [0.25, 0.3) is 0 Å². The van der Waals surface area contributed by atoms with Crippen LogP contribution in [-0.4, -0.2) is 36.5 Å². The first kappa shape index (κ1) is 13.2. The number of rotatable bonds is 3. The predicted octanol–water partition coefficient (Wildman–Crippen LogP) is 1.78. The number of carbonyl (C=O) groups is 1. The molecule has 2 rings (SSSR count). The fourth-order valence-corrected chi connectivity index (χ4v) is 3.85. The fourth-order valence-electron chi connectivity index (χ4n) is 2.63. The first-order valence-electron chi connectivity index (χ1n) is 6.80. The van der Waals surface area contributed by atoms with Gasteiger partial charge in [-0.25, -0.2) is 0 Å². The van der Waals surface area contributed by atoms with Gasteiger partial charge in [0.15, 0.2) is 0 Å². The summed E-state index contributed by atoms with van der Waals surface area (Å²) in [5.74, 6) is 1.41. The Hall–Kier alpha value is -0.220. The first-order chi connectivity index (χ1) is 8.20. The van der Waals surface area contributed by atoms with E-state index in [4.69, 9.17) is 0 Å². The second-order valence-electron chi connectivity index (χ2n) is 5.66. The number of hydrogen-bond acceptors (Lipinski definition) is 3. The zero-order valence-corrected chi connectivity index (χ0v) is 11.6. The summed E-state index contributed by atoms with van der Waals surface area (Å²) < 4.78 is 0. The molecule has 0 bridgehead atoms. The van der Waals surface area contributed by atoms with Crippen molar-refractivity contribution in [3.8, 4) is 0 Å². The van der Waals surface area contributed by atoms with E-state index in [9.17, 15) is 4.79 Å². The molecule has 0 spiro atoms. The van der Waals surface area contributed by atoms with E-state index in [-0.39, 0.29) is 16.6 Å². The molecule has 2 saturated heterocycles. The number of amides is 1. The predicted molar refractivity (Wildman–Crippen MR) is 73.3 cm³/mol. The van der Waals surface area contributed by atoms with Crippen molar-refractivity contribution in [3.63, 3.8) is 0 Å². The average molecular weight is 256 g/mol. The van der Waals surface area contributed by atoms with Gasteiger partial charge in [0, 0.05) is 13.1 Å². The molecular weight excluding hydrogens is 232 g/mol. The molecule has 2 N–H and O–H groups in total. The molecule has 0 aromatic heterocycles. The smallest absolute Gasteiger partial charge is 0.233 e. The minimum atomic E-state index is 0.212. The maximum absolute atomic E-state index is 12.0. The van der Waals surface area contributed by atoms with Crippen LogP contribution in [0, 0.1) is 5.41 Å². The summed E-state index contributed by atoms with van der Waals surface area (Å²) in [6.07, 6.45) is 5.99. The Morgan fingerprint density at radius 1 is 1.47 bits per heavy atom. The first-order valence-corrected chi connectivity index (χ1v) is 7.85. The molecular formula is C13H24N2OS. The largest absolute Gasteiger partial charge is 0.355 e. The van der Waals surface area contributed by atoms with Crippen molar-refractivity contribution < 1.29 is 4.79 Å². The van der Waals surface area contributed by atoms with E-state index in [1.54, 1.807) is 0 Å². The minimum Gasteiger partial charge on any atom is -0.355 e. The van der Waals surface area contributed by atoms with Crippen LogP contribution in [0.15, 0.2) is 0 Å². The highest BCUT2D eigenvalue weighted by molar-refractivity contribution is 8.00. The number of nitrogens with one attached hydrogen (secondary N) is 2. The second-order valence-corrected chi connectivity index (χ2v) is 6.97. The molecule has 2 atom stereocenters. The summed E-state index contributed by atoms with van der Waals surface area (Å²) in [5, 5.41) is 6.80. The quantitative estimate of drug-likeness (QED) is 0.809. The van der Waals surface area contributed by atoms with Crippen molar-refractivity contribution in [2.45, 2.75) is 44.3 Å². The van der Waals surface area contributed by atoms with Gasteiger partial charge in [-0.05, 0) is 43.4 Å². The molecule has 2 unspecified atom stereocenters. The number of carbonyl (C=O) groups excluding carboxylic acids is 1. The van der Waals surface area contributed by atoms with E-state index in [1.165, 1.54) is 25.7 Å². The van der Waals surface area contributed by atoms with Crippen molar-refractivity contribution in [2.24, 2.45) is 5.41 Å². The van der Waals surface area contributed by atoms with Gasteiger partial charge in [-0.3, -0.25) is 4.79 Å². The van der Waals surface area contributed by atoms with Crippen LogP contribution in [0.4, 0.5) is 0 Å². The minimum absolute atomic E-state index is 0.212. The summed E-state index contributed by atoms with van der Waals surface area (Å²) in [7, 11) is 0. The molecule has 2 fully saturated rings. The van der Waals surface area contributed by atoms with Crippen molar-refractivity contribution in [3.05, 3.63) is 0 Å². The summed E-state index contributed by atoms with van der Waals surface area (Å²) in [4.78, 5) is 12.0. The van der Waals surface area contributed by atoms with Crippen molar-refractivity contribution in [1.82, 2.24) is 10.6 Å². The zero-order chi connectivity index (χ0) is 12.1. The number of hydrogen-bond donors (Lipinski definition) is 2. The highest BCUT2D eigenvalue weighted by Crippen LogP contribution is 2.27. The lowest BCUT2D eigenvalue weighted by Crippen LogP contribution is -2.47. The molecule has 17 heavy (non-hydrogen) atoms. The monoisotopic (exact) mass is 256 g/mol. The lowest BCUT2D eigenvalue weighted by atomic mass is 9.83. The van der Waals surface area contributed by atoms with Crippen LogP contribution >= 0.6 is 11.8 Å². The van der Waals surface area contributed by atoms with Crippen LogP contribution in [0.3, 0.4) is 0 Å². The Morgan fingerprint density at radius 3 is 3.00 bits per heavy atom. The molecule has 0 aromatic carbocycles. The Bertz CT molecular complexity index is 258. The van der Waals surface area contributed by atoms with E-state index >= 15 is 0 Å². The van der Waals surface area contributed by atoms with Gasteiger partial charge in [0.1, 0.15) is 0 Å². The van der Waals surface area contributed by atoms with Gasteiger partial charge in [-0.1, -0.05) is 13.3 Å². The molecule has 2 aliphatic rings. The van der Waals surface area contributed by atoms with E-state index in [2.05, 4.69) is 17.6 Å². The summed E-state index contributed by atoms with van der Waals surface area (Å²) in [6, 6.07) is 0. The van der Waals surface area contributed by atoms with Crippen molar-refractivity contribution in [1.29, 1.82) is 0 Å². The summed E-state index contributed by atoms with van der Waals surface area (Å²) in [6.45, 7) is 5.26. The van der Waals surface area contributed by atoms with Gasteiger partial charge < -0.3 is 10.6 Å². The van der Waals surface area contributed by atoms with Crippen LogP contribution in [0.5, 0.6) is 0 Å². The Balaban J connectivity index is 1.74. The fraction of sp³-hybridized carbons (Fsp3) is 0.923. The van der Waals surface area contributed by atoms with E-state index < -0.39 is 0 Å². The molecule has 0 aromatic rings.